The molecular weight excluding hydrogens is 1100 g/mol. The highest BCUT2D eigenvalue weighted by Gasteiger charge is 2.57. The fourth-order valence-electron chi connectivity index (χ4n) is 13.1. The molecule has 1 saturated carbocycles. The summed E-state index contributed by atoms with van der Waals surface area (Å²) >= 11 is 0. The lowest BCUT2D eigenvalue weighted by atomic mass is 9.83. The number of hydrogen-bond donors (Lipinski definition) is 1. The zero-order valence-electron chi connectivity index (χ0n) is 58.0. The van der Waals surface area contributed by atoms with E-state index < -0.39 is 54.5 Å². The fourth-order valence-corrected chi connectivity index (χ4v) is 13.1. The van der Waals surface area contributed by atoms with E-state index in [1.807, 2.05) is 60.7 Å². The lowest BCUT2D eigenvalue weighted by Gasteiger charge is -2.47. The fraction of sp³-hybridized carbons (Fsp3) is 0.812. The molecule has 512 valence electrons. The first kappa shape index (κ1) is 80.0. The molecule has 3 rings (SSSR count). The van der Waals surface area contributed by atoms with Crippen molar-refractivity contribution in [3.05, 3.63) is 71.8 Å². The second-order valence-corrected chi connectivity index (χ2v) is 27.1. The van der Waals surface area contributed by atoms with Gasteiger partial charge in [0, 0.05) is 19.3 Å². The molecule has 0 spiro atoms. The van der Waals surface area contributed by atoms with Crippen LogP contribution in [-0.2, 0) is 51.3 Å². The Morgan fingerprint density at radius 1 is 0.270 bits per heavy atom. The molecule has 1 aliphatic carbocycles. The van der Waals surface area contributed by atoms with Crippen molar-refractivity contribution < 1.29 is 43.2 Å². The van der Waals surface area contributed by atoms with E-state index in [9.17, 15) is 19.5 Å². The Balaban J connectivity index is 1.65. The molecule has 0 aliphatic heterocycles. The van der Waals surface area contributed by atoms with Crippen molar-refractivity contribution in [2.75, 3.05) is 0 Å². The number of ether oxygens (including phenoxy) is 5. The molecular formula is C80H138O9. The van der Waals surface area contributed by atoms with Gasteiger partial charge in [0.25, 0.3) is 0 Å². The monoisotopic (exact) mass is 1240 g/mol. The first-order valence-corrected chi connectivity index (χ1v) is 38.4. The highest BCUT2D eigenvalue weighted by Crippen LogP contribution is 2.35. The van der Waals surface area contributed by atoms with E-state index in [4.69, 9.17) is 23.7 Å². The molecule has 0 bridgehead atoms. The van der Waals surface area contributed by atoms with E-state index in [0.29, 0.717) is 19.3 Å². The largest absolute Gasteiger partial charge is 0.455 e. The molecule has 0 saturated heterocycles. The summed E-state index contributed by atoms with van der Waals surface area (Å²) in [5.74, 6) is -1.40. The molecule has 1 N–H and O–H groups in total. The van der Waals surface area contributed by atoms with E-state index in [-0.39, 0.29) is 32.5 Å². The van der Waals surface area contributed by atoms with Gasteiger partial charge in [0.05, 0.1) is 13.2 Å². The van der Waals surface area contributed by atoms with Crippen molar-refractivity contribution >= 4 is 17.9 Å². The molecule has 0 unspecified atom stereocenters. The second kappa shape index (κ2) is 58.5. The maximum atomic E-state index is 14.2. The summed E-state index contributed by atoms with van der Waals surface area (Å²) in [5, 5.41) is 12.6. The molecule has 6 atom stereocenters. The van der Waals surface area contributed by atoms with Crippen molar-refractivity contribution in [2.45, 2.75) is 417 Å². The number of aliphatic hydroxyl groups is 1. The van der Waals surface area contributed by atoms with E-state index in [0.717, 1.165) is 68.9 Å². The van der Waals surface area contributed by atoms with E-state index in [1.54, 1.807) is 0 Å². The van der Waals surface area contributed by atoms with Gasteiger partial charge in [0.1, 0.15) is 18.3 Å². The third-order valence-corrected chi connectivity index (χ3v) is 18.8. The van der Waals surface area contributed by atoms with E-state index in [1.165, 1.54) is 250 Å². The number of esters is 3. The summed E-state index contributed by atoms with van der Waals surface area (Å²) < 4.78 is 32.5. The van der Waals surface area contributed by atoms with Crippen LogP contribution in [0.25, 0.3) is 0 Å². The number of aliphatic hydroxyl groups excluding tert-OH is 1. The van der Waals surface area contributed by atoms with E-state index in [2.05, 4.69) is 20.8 Å². The van der Waals surface area contributed by atoms with Gasteiger partial charge in [-0.1, -0.05) is 390 Å². The van der Waals surface area contributed by atoms with Crippen LogP contribution < -0.4 is 0 Å². The summed E-state index contributed by atoms with van der Waals surface area (Å²) in [7, 11) is 0. The molecule has 0 radical (unpaired) electrons. The Labute approximate surface area is 547 Å². The third-order valence-electron chi connectivity index (χ3n) is 18.8. The minimum Gasteiger partial charge on any atom is -0.455 e. The first-order valence-electron chi connectivity index (χ1n) is 38.4. The van der Waals surface area contributed by atoms with Crippen molar-refractivity contribution in [3.8, 4) is 0 Å². The van der Waals surface area contributed by atoms with Crippen LogP contribution in [-0.4, -0.2) is 59.6 Å². The van der Waals surface area contributed by atoms with Gasteiger partial charge < -0.3 is 28.8 Å². The van der Waals surface area contributed by atoms with Gasteiger partial charge in [0.2, 0.25) is 0 Å². The van der Waals surface area contributed by atoms with Crippen LogP contribution in [0, 0.1) is 0 Å². The number of unbranched alkanes of at least 4 members (excludes halogenated alkanes) is 48. The molecule has 2 aromatic rings. The number of hydrogen-bond acceptors (Lipinski definition) is 9. The van der Waals surface area contributed by atoms with Crippen LogP contribution in [0.1, 0.15) is 379 Å². The van der Waals surface area contributed by atoms with Gasteiger partial charge >= 0.3 is 17.9 Å². The van der Waals surface area contributed by atoms with Crippen LogP contribution >= 0.6 is 0 Å². The van der Waals surface area contributed by atoms with Crippen molar-refractivity contribution in [1.82, 2.24) is 0 Å². The summed E-state index contributed by atoms with van der Waals surface area (Å²) in [4.78, 5) is 42.4. The highest BCUT2D eigenvalue weighted by molar-refractivity contribution is 5.72. The Morgan fingerprint density at radius 2 is 0.472 bits per heavy atom. The quantitative estimate of drug-likeness (QED) is 0.0392. The maximum Gasteiger partial charge on any atom is 0.306 e. The Hall–Kier alpha value is -3.27. The van der Waals surface area contributed by atoms with Crippen molar-refractivity contribution in [3.63, 3.8) is 0 Å². The number of rotatable bonds is 63. The van der Waals surface area contributed by atoms with E-state index >= 15 is 0 Å². The lowest BCUT2D eigenvalue weighted by molar-refractivity contribution is -0.266. The van der Waals surface area contributed by atoms with Crippen LogP contribution in [0.3, 0.4) is 0 Å². The van der Waals surface area contributed by atoms with Gasteiger partial charge in [0.15, 0.2) is 18.3 Å². The summed E-state index contributed by atoms with van der Waals surface area (Å²) in [6, 6.07) is 19.4. The van der Waals surface area contributed by atoms with Gasteiger partial charge in [-0.15, -0.1) is 0 Å². The van der Waals surface area contributed by atoms with Crippen LogP contribution in [0.4, 0.5) is 0 Å². The third kappa shape index (κ3) is 43.3. The van der Waals surface area contributed by atoms with Crippen LogP contribution in [0.2, 0.25) is 0 Å². The SMILES string of the molecule is CCCCCCCCCCCCCCCCCCCC(=O)O[C@@H]1[C@@H](OCc2ccccc2)[C@H](OCc2ccccc2)[C@H](O)[C@H](OC(=O)CCCCCCCCCCCCCCCCCCC)[C@H]1OC(=O)CCCCCCCCCCCCCCCCCCC. The molecule has 0 aromatic heterocycles. The minimum atomic E-state index is -1.46. The molecule has 89 heavy (non-hydrogen) atoms. The average Bonchev–Trinajstić information content (AvgIpc) is 1.26. The predicted octanol–water partition coefficient (Wildman–Crippen LogP) is 23.4. The zero-order chi connectivity index (χ0) is 63.6. The lowest BCUT2D eigenvalue weighted by Crippen LogP contribution is -2.67. The van der Waals surface area contributed by atoms with Crippen LogP contribution in [0.5, 0.6) is 0 Å². The molecule has 0 heterocycles. The Morgan fingerprint density at radius 3 is 0.719 bits per heavy atom. The summed E-state index contributed by atoms with van der Waals surface area (Å²) in [5.41, 5.74) is 1.76. The average molecular weight is 1240 g/mol. The van der Waals surface area contributed by atoms with Crippen molar-refractivity contribution in [1.29, 1.82) is 0 Å². The zero-order valence-corrected chi connectivity index (χ0v) is 58.0. The Bertz CT molecular complexity index is 1880. The smallest absolute Gasteiger partial charge is 0.306 e. The molecule has 1 fully saturated rings. The molecule has 0 amide bonds. The Kier molecular flexibility index (Phi) is 52.6. The molecule has 1 aliphatic rings. The first-order chi connectivity index (χ1) is 43.9. The van der Waals surface area contributed by atoms with Gasteiger partial charge in [-0.05, 0) is 30.4 Å². The predicted molar refractivity (Wildman–Crippen MR) is 372 cm³/mol. The number of benzene rings is 2. The summed E-state index contributed by atoms with van der Waals surface area (Å²) in [6.07, 6.45) is 56.4. The number of carbonyl (C=O) groups is 3. The molecule has 9 nitrogen and oxygen atoms in total. The molecule has 9 heteroatoms. The minimum absolute atomic E-state index is 0.122. The van der Waals surface area contributed by atoms with Gasteiger partial charge in [-0.25, -0.2) is 0 Å². The van der Waals surface area contributed by atoms with Gasteiger partial charge in [-0.3, -0.25) is 14.4 Å². The molecule has 2 aromatic carbocycles. The second-order valence-electron chi connectivity index (χ2n) is 27.1. The standard InChI is InChI=1S/C80H138O9/c1-4-7-10-13-16-19-22-25-28-31-34-37-40-43-46-49-58-65-72(81)87-77-75(84)76(85-68-70-61-54-52-55-62-70)78(86-69-71-63-56-53-57-64-71)80(89-74(83)67-60-51-48-45-42-39-36-33-30-27-24-21-18-15-12-9-6-3)79(77)88-73(82)66-59-50-47-44-41-38-35-32-29-26-23-20-17-14-11-8-5-2/h52-57,61-64,75-80,84H,4-51,58-60,65-69H2,1-3H3/t75-,76+,77-,78-,79+,80+/m0/s1. The maximum absolute atomic E-state index is 14.2. The number of carbonyl (C=O) groups excluding carboxylic acids is 3. The normalized spacial score (nSPS) is 17.5. The van der Waals surface area contributed by atoms with Crippen molar-refractivity contribution in [2.24, 2.45) is 0 Å². The van der Waals surface area contributed by atoms with Crippen LogP contribution in [0.15, 0.2) is 60.7 Å². The highest BCUT2D eigenvalue weighted by atomic mass is 16.6. The summed E-state index contributed by atoms with van der Waals surface area (Å²) in [6.45, 7) is 7.08. The van der Waals surface area contributed by atoms with Gasteiger partial charge in [-0.2, -0.15) is 0 Å². The topological polar surface area (TPSA) is 118 Å².